The molecule has 1 saturated carbocycles. The van der Waals surface area contributed by atoms with Crippen LogP contribution in [0.15, 0.2) is 30.3 Å². The van der Waals surface area contributed by atoms with Gasteiger partial charge in [0.15, 0.2) is 11.6 Å². The molecule has 2 atom stereocenters. The van der Waals surface area contributed by atoms with Gasteiger partial charge in [0.1, 0.15) is 18.2 Å². The van der Waals surface area contributed by atoms with Crippen LogP contribution in [0.25, 0.3) is 0 Å². The predicted octanol–water partition coefficient (Wildman–Crippen LogP) is 3.22. The van der Waals surface area contributed by atoms with Gasteiger partial charge in [-0.25, -0.2) is 9.37 Å². The monoisotopic (exact) mass is 456 g/mol. The Morgan fingerprint density at radius 2 is 1.85 bits per heavy atom. The van der Waals surface area contributed by atoms with E-state index < -0.39 is 11.7 Å². The van der Waals surface area contributed by atoms with E-state index in [1.165, 1.54) is 12.8 Å². The fraction of sp³-hybridized carbons (Fsp3) is 0.500. The van der Waals surface area contributed by atoms with Gasteiger partial charge in [-0.2, -0.15) is 0 Å². The zero-order chi connectivity index (χ0) is 23.2. The number of ether oxygens (including phenoxy) is 1. The van der Waals surface area contributed by atoms with E-state index in [4.69, 9.17) is 16.2 Å². The maximum atomic E-state index is 14.7. The number of benzene rings is 1. The molecule has 9 heteroatoms. The zero-order valence-electron chi connectivity index (χ0n) is 18.9. The van der Waals surface area contributed by atoms with Gasteiger partial charge < -0.3 is 26.8 Å². The first kappa shape index (κ1) is 23.3. The number of pyridine rings is 1. The molecule has 2 fully saturated rings. The SMILES string of the molecule is NC(=O)c1cc(F)c(NC2CCCC[C@@H]2N)nc1Nc1ccc(OCCN2CCCC2)cc1. The summed E-state index contributed by atoms with van der Waals surface area (Å²) in [7, 11) is 0. The lowest BCUT2D eigenvalue weighted by molar-refractivity contribution is 0.100. The number of aromatic nitrogens is 1. The maximum Gasteiger partial charge on any atom is 0.252 e. The minimum absolute atomic E-state index is 0.0167. The third-order valence-corrected chi connectivity index (χ3v) is 6.37. The summed E-state index contributed by atoms with van der Waals surface area (Å²) in [6.45, 7) is 3.84. The van der Waals surface area contributed by atoms with E-state index in [1.54, 1.807) is 0 Å². The lowest BCUT2D eigenvalue weighted by Crippen LogP contribution is -2.43. The summed E-state index contributed by atoms with van der Waals surface area (Å²) >= 11 is 0. The molecule has 1 aromatic heterocycles. The molecule has 0 spiro atoms. The van der Waals surface area contributed by atoms with Crippen LogP contribution in [0.3, 0.4) is 0 Å². The van der Waals surface area contributed by atoms with Crippen molar-refractivity contribution in [1.82, 2.24) is 9.88 Å². The number of nitrogens with two attached hydrogens (primary N) is 2. The minimum Gasteiger partial charge on any atom is -0.492 e. The number of carbonyl (C=O) groups excluding carboxylic acids is 1. The first-order valence-electron chi connectivity index (χ1n) is 11.7. The topological polar surface area (TPSA) is 119 Å². The Balaban J connectivity index is 1.43. The molecule has 2 aromatic rings. The molecule has 1 aromatic carbocycles. The van der Waals surface area contributed by atoms with Crippen molar-refractivity contribution in [3.63, 3.8) is 0 Å². The highest BCUT2D eigenvalue weighted by Gasteiger charge is 2.24. The highest BCUT2D eigenvalue weighted by atomic mass is 19.1. The third kappa shape index (κ3) is 6.11. The number of hydrogen-bond donors (Lipinski definition) is 4. The quantitative estimate of drug-likeness (QED) is 0.457. The van der Waals surface area contributed by atoms with E-state index in [9.17, 15) is 9.18 Å². The second-order valence-corrected chi connectivity index (χ2v) is 8.82. The van der Waals surface area contributed by atoms with Crippen LogP contribution in [0.1, 0.15) is 48.9 Å². The van der Waals surface area contributed by atoms with Gasteiger partial charge in [-0.05, 0) is 69.1 Å². The molecule has 1 saturated heterocycles. The van der Waals surface area contributed by atoms with Crippen molar-refractivity contribution in [2.45, 2.75) is 50.6 Å². The van der Waals surface area contributed by atoms with E-state index in [0.29, 0.717) is 12.3 Å². The van der Waals surface area contributed by atoms with E-state index in [2.05, 4.69) is 20.5 Å². The van der Waals surface area contributed by atoms with Gasteiger partial charge in [0.25, 0.3) is 5.91 Å². The number of amides is 1. The molecule has 0 radical (unpaired) electrons. The van der Waals surface area contributed by atoms with Crippen molar-refractivity contribution in [3.05, 3.63) is 41.7 Å². The summed E-state index contributed by atoms with van der Waals surface area (Å²) in [5.74, 6) is -0.374. The fourth-order valence-electron chi connectivity index (χ4n) is 4.46. The van der Waals surface area contributed by atoms with Crippen molar-refractivity contribution in [2.24, 2.45) is 11.5 Å². The molecular weight excluding hydrogens is 423 g/mol. The van der Waals surface area contributed by atoms with Gasteiger partial charge >= 0.3 is 0 Å². The van der Waals surface area contributed by atoms with Crippen molar-refractivity contribution < 1.29 is 13.9 Å². The van der Waals surface area contributed by atoms with Crippen LogP contribution >= 0.6 is 0 Å². The molecule has 6 N–H and O–H groups in total. The highest BCUT2D eigenvalue weighted by molar-refractivity contribution is 5.98. The first-order chi connectivity index (χ1) is 16.0. The summed E-state index contributed by atoms with van der Waals surface area (Å²) in [5, 5.41) is 6.20. The molecule has 2 aliphatic rings. The summed E-state index contributed by atoms with van der Waals surface area (Å²) in [4.78, 5) is 18.6. The van der Waals surface area contributed by atoms with Crippen LogP contribution in [0.5, 0.6) is 5.75 Å². The second-order valence-electron chi connectivity index (χ2n) is 8.82. The van der Waals surface area contributed by atoms with E-state index >= 15 is 0 Å². The number of nitrogens with zero attached hydrogens (tertiary/aromatic N) is 2. The Hall–Kier alpha value is -2.91. The second kappa shape index (κ2) is 10.8. The van der Waals surface area contributed by atoms with Gasteiger partial charge in [0.05, 0.1) is 5.56 Å². The molecular formula is C24H33FN6O2. The molecule has 0 bridgehead atoms. The molecule has 8 nitrogen and oxygen atoms in total. The highest BCUT2D eigenvalue weighted by Crippen LogP contribution is 2.27. The Kier molecular flexibility index (Phi) is 7.61. The van der Waals surface area contributed by atoms with Crippen LogP contribution in [0.4, 0.5) is 21.7 Å². The largest absolute Gasteiger partial charge is 0.492 e. The van der Waals surface area contributed by atoms with Crippen LogP contribution in [0.2, 0.25) is 0 Å². The maximum absolute atomic E-state index is 14.7. The first-order valence-corrected chi connectivity index (χ1v) is 11.7. The van der Waals surface area contributed by atoms with Crippen molar-refractivity contribution >= 4 is 23.2 Å². The fourth-order valence-corrected chi connectivity index (χ4v) is 4.46. The Bertz CT molecular complexity index is 949. The number of hydrogen-bond acceptors (Lipinski definition) is 7. The van der Waals surface area contributed by atoms with Crippen LogP contribution in [-0.2, 0) is 0 Å². The van der Waals surface area contributed by atoms with Gasteiger partial charge in [-0.15, -0.1) is 0 Å². The minimum atomic E-state index is -0.758. The van der Waals surface area contributed by atoms with E-state index in [1.807, 2.05) is 24.3 Å². The van der Waals surface area contributed by atoms with Crippen molar-refractivity contribution in [3.8, 4) is 5.75 Å². The number of carbonyl (C=O) groups is 1. The van der Waals surface area contributed by atoms with Gasteiger partial charge in [-0.3, -0.25) is 9.69 Å². The van der Waals surface area contributed by atoms with E-state index in [-0.39, 0.29) is 29.3 Å². The Labute approximate surface area is 193 Å². The number of halogens is 1. The van der Waals surface area contributed by atoms with Gasteiger partial charge in [-0.1, -0.05) is 12.8 Å². The molecule has 33 heavy (non-hydrogen) atoms. The molecule has 1 amide bonds. The van der Waals surface area contributed by atoms with Crippen molar-refractivity contribution in [1.29, 1.82) is 0 Å². The molecule has 2 heterocycles. The number of primary amides is 1. The molecule has 1 unspecified atom stereocenters. The molecule has 178 valence electrons. The average molecular weight is 457 g/mol. The number of likely N-dealkylation sites (tertiary alicyclic amines) is 1. The van der Waals surface area contributed by atoms with Crippen LogP contribution in [0, 0.1) is 5.82 Å². The lowest BCUT2D eigenvalue weighted by Gasteiger charge is -2.30. The summed E-state index contributed by atoms with van der Waals surface area (Å²) in [5.41, 5.74) is 12.3. The Morgan fingerprint density at radius 3 is 2.55 bits per heavy atom. The average Bonchev–Trinajstić information content (AvgIpc) is 3.32. The van der Waals surface area contributed by atoms with Crippen LogP contribution < -0.4 is 26.8 Å². The summed E-state index contributed by atoms with van der Waals surface area (Å²) in [6, 6.07) is 8.33. The standard InChI is InChI=1S/C24H33FN6O2/c25-19-15-18(22(27)32)23(30-24(19)29-21-6-2-1-5-20(21)26)28-16-7-9-17(10-8-16)33-14-13-31-11-3-4-12-31/h7-10,15,20-21H,1-6,11-14,26H2,(H2,27,32)(H2,28,29,30)/t20-,21?/m0/s1. The molecule has 4 rings (SSSR count). The van der Waals surface area contributed by atoms with Gasteiger partial charge in [0.2, 0.25) is 0 Å². The number of rotatable bonds is 9. The summed E-state index contributed by atoms with van der Waals surface area (Å²) in [6.07, 6.45) is 6.36. The van der Waals surface area contributed by atoms with Crippen LogP contribution in [-0.4, -0.2) is 54.1 Å². The predicted molar refractivity (Wildman–Crippen MR) is 127 cm³/mol. The summed E-state index contributed by atoms with van der Waals surface area (Å²) < 4.78 is 20.5. The zero-order valence-corrected chi connectivity index (χ0v) is 18.9. The lowest BCUT2D eigenvalue weighted by atomic mass is 9.91. The molecule has 1 aliphatic heterocycles. The van der Waals surface area contributed by atoms with Crippen molar-refractivity contribution in [2.75, 3.05) is 36.9 Å². The Morgan fingerprint density at radius 1 is 1.12 bits per heavy atom. The molecule has 1 aliphatic carbocycles. The number of anilines is 3. The van der Waals surface area contributed by atoms with Gasteiger partial charge in [0, 0.05) is 24.3 Å². The third-order valence-electron chi connectivity index (χ3n) is 6.37. The van der Waals surface area contributed by atoms with E-state index in [0.717, 1.165) is 57.1 Å². The normalized spacial score (nSPS) is 21.0. The number of nitrogens with one attached hydrogen (secondary N) is 2. The smallest absolute Gasteiger partial charge is 0.252 e.